The zero-order valence-corrected chi connectivity index (χ0v) is 15.2. The van der Waals surface area contributed by atoms with Crippen LogP contribution in [-0.4, -0.2) is 36.4 Å². The summed E-state index contributed by atoms with van der Waals surface area (Å²) in [6.45, 7) is 1.01. The molecule has 0 N–H and O–H groups in total. The maximum atomic E-state index is 13.2. The summed E-state index contributed by atoms with van der Waals surface area (Å²) in [4.78, 5) is 29.6. The molecule has 2 amide bonds. The van der Waals surface area contributed by atoms with Crippen molar-refractivity contribution in [3.63, 3.8) is 0 Å². The van der Waals surface area contributed by atoms with Gasteiger partial charge in [-0.05, 0) is 48.7 Å². The Morgan fingerprint density at radius 3 is 2.65 bits per heavy atom. The van der Waals surface area contributed by atoms with Gasteiger partial charge >= 0.3 is 0 Å². The Labute approximate surface area is 157 Å². The second-order valence-corrected chi connectivity index (χ2v) is 7.03. The zero-order valence-electron chi connectivity index (χ0n) is 14.4. The van der Waals surface area contributed by atoms with Gasteiger partial charge in [0.1, 0.15) is 11.8 Å². The highest BCUT2D eigenvalue weighted by Gasteiger charge is 2.41. The molecule has 0 unspecified atom stereocenters. The molecule has 1 atom stereocenters. The number of nitrogens with zero attached hydrogens (tertiary/aromatic N) is 2. The van der Waals surface area contributed by atoms with E-state index in [1.165, 1.54) is 0 Å². The first-order valence-electron chi connectivity index (χ1n) is 8.63. The van der Waals surface area contributed by atoms with Crippen molar-refractivity contribution in [1.82, 2.24) is 4.90 Å². The standard InChI is InChI=1S/C20H19ClN2O3/c1-26-15-7-4-13(5-8-15)12-23-17-9-6-14(21)11-16(17)19(24)22-10-2-3-18(22)20(23)25/h4-9,11,18H,2-3,10,12H2,1H3/t18-/m0/s1. The predicted molar refractivity (Wildman–Crippen MR) is 99.7 cm³/mol. The molecule has 2 heterocycles. The quantitative estimate of drug-likeness (QED) is 0.830. The predicted octanol–water partition coefficient (Wildman–Crippen LogP) is 3.50. The Morgan fingerprint density at radius 1 is 1.15 bits per heavy atom. The van der Waals surface area contributed by atoms with E-state index in [9.17, 15) is 9.59 Å². The fourth-order valence-corrected chi connectivity index (χ4v) is 3.88. The molecule has 2 aromatic rings. The molecule has 6 heteroatoms. The van der Waals surface area contributed by atoms with Gasteiger partial charge < -0.3 is 14.5 Å². The largest absolute Gasteiger partial charge is 0.497 e. The Bertz CT molecular complexity index is 866. The number of benzene rings is 2. The topological polar surface area (TPSA) is 49.9 Å². The Morgan fingerprint density at radius 2 is 1.92 bits per heavy atom. The van der Waals surface area contributed by atoms with Crippen molar-refractivity contribution in [2.24, 2.45) is 0 Å². The smallest absolute Gasteiger partial charge is 0.256 e. The van der Waals surface area contributed by atoms with Crippen LogP contribution in [0.3, 0.4) is 0 Å². The van der Waals surface area contributed by atoms with E-state index in [2.05, 4.69) is 0 Å². The summed E-state index contributed by atoms with van der Waals surface area (Å²) in [5.74, 6) is 0.614. The summed E-state index contributed by atoms with van der Waals surface area (Å²) in [5.41, 5.74) is 2.08. The maximum Gasteiger partial charge on any atom is 0.256 e. The molecule has 134 valence electrons. The lowest BCUT2D eigenvalue weighted by atomic mass is 10.1. The van der Waals surface area contributed by atoms with Crippen molar-refractivity contribution in [1.29, 1.82) is 0 Å². The molecule has 26 heavy (non-hydrogen) atoms. The van der Waals surface area contributed by atoms with Crippen LogP contribution in [0.25, 0.3) is 0 Å². The van der Waals surface area contributed by atoms with Gasteiger partial charge in [-0.3, -0.25) is 9.59 Å². The van der Waals surface area contributed by atoms with Crippen LogP contribution in [0.15, 0.2) is 42.5 Å². The van der Waals surface area contributed by atoms with Crippen molar-refractivity contribution < 1.29 is 14.3 Å². The number of hydrogen-bond acceptors (Lipinski definition) is 3. The molecule has 4 rings (SSSR count). The van der Waals surface area contributed by atoms with Crippen molar-refractivity contribution >= 4 is 29.1 Å². The van der Waals surface area contributed by atoms with Crippen LogP contribution in [-0.2, 0) is 11.3 Å². The molecule has 0 saturated carbocycles. The summed E-state index contributed by atoms with van der Waals surface area (Å²) >= 11 is 6.13. The number of anilines is 1. The van der Waals surface area contributed by atoms with E-state index in [1.807, 2.05) is 24.3 Å². The molecule has 0 aromatic heterocycles. The number of amides is 2. The van der Waals surface area contributed by atoms with E-state index >= 15 is 0 Å². The lowest BCUT2D eigenvalue weighted by Crippen LogP contribution is -2.44. The van der Waals surface area contributed by atoms with E-state index in [4.69, 9.17) is 16.3 Å². The van der Waals surface area contributed by atoms with Crippen molar-refractivity contribution in [3.8, 4) is 5.75 Å². The van der Waals surface area contributed by atoms with Crippen LogP contribution in [0.2, 0.25) is 5.02 Å². The second kappa shape index (κ2) is 6.65. The monoisotopic (exact) mass is 370 g/mol. The van der Waals surface area contributed by atoms with Gasteiger partial charge in [0.15, 0.2) is 0 Å². The fraction of sp³-hybridized carbons (Fsp3) is 0.300. The van der Waals surface area contributed by atoms with Crippen LogP contribution in [0.5, 0.6) is 5.75 Å². The van der Waals surface area contributed by atoms with Gasteiger partial charge in [0.05, 0.1) is 24.9 Å². The highest BCUT2D eigenvalue weighted by atomic mass is 35.5. The molecule has 0 spiro atoms. The van der Waals surface area contributed by atoms with E-state index in [0.29, 0.717) is 35.8 Å². The first-order valence-corrected chi connectivity index (χ1v) is 9.01. The molecule has 1 fully saturated rings. The van der Waals surface area contributed by atoms with Crippen LogP contribution in [0.1, 0.15) is 28.8 Å². The van der Waals surface area contributed by atoms with E-state index in [-0.39, 0.29) is 11.8 Å². The average molecular weight is 371 g/mol. The third-order valence-corrected chi connectivity index (χ3v) is 5.28. The zero-order chi connectivity index (χ0) is 18.3. The van der Waals surface area contributed by atoms with E-state index in [1.54, 1.807) is 35.1 Å². The summed E-state index contributed by atoms with van der Waals surface area (Å²) in [6.07, 6.45) is 1.54. The highest BCUT2D eigenvalue weighted by Crippen LogP contribution is 2.34. The first-order chi connectivity index (χ1) is 12.6. The normalized spacial score (nSPS) is 19.2. The Kier molecular flexibility index (Phi) is 4.32. The fourth-order valence-electron chi connectivity index (χ4n) is 3.71. The van der Waals surface area contributed by atoms with Crippen molar-refractivity contribution in [2.45, 2.75) is 25.4 Å². The Hall–Kier alpha value is -2.53. The van der Waals surface area contributed by atoms with Gasteiger partial charge in [-0.1, -0.05) is 23.7 Å². The molecule has 5 nitrogen and oxygen atoms in total. The molecule has 2 aliphatic rings. The maximum absolute atomic E-state index is 13.2. The van der Waals surface area contributed by atoms with Crippen molar-refractivity contribution in [2.75, 3.05) is 18.6 Å². The lowest BCUT2D eigenvalue weighted by Gasteiger charge is -2.26. The molecule has 0 aliphatic carbocycles. The minimum absolute atomic E-state index is 0.0345. The van der Waals surface area contributed by atoms with E-state index in [0.717, 1.165) is 17.7 Å². The molecule has 1 saturated heterocycles. The average Bonchev–Trinajstić information content (AvgIpc) is 3.13. The van der Waals surface area contributed by atoms with Gasteiger partial charge in [0.2, 0.25) is 5.91 Å². The third kappa shape index (κ3) is 2.82. The van der Waals surface area contributed by atoms with E-state index < -0.39 is 6.04 Å². The highest BCUT2D eigenvalue weighted by molar-refractivity contribution is 6.31. The second-order valence-electron chi connectivity index (χ2n) is 6.59. The van der Waals surface area contributed by atoms with Crippen molar-refractivity contribution in [3.05, 3.63) is 58.6 Å². The summed E-state index contributed by atoms with van der Waals surface area (Å²) in [6, 6.07) is 12.3. The van der Waals surface area contributed by atoms with Gasteiger partial charge in [-0.25, -0.2) is 0 Å². The van der Waals surface area contributed by atoms with Crippen LogP contribution in [0, 0.1) is 0 Å². The van der Waals surface area contributed by atoms with Gasteiger partial charge in [0.25, 0.3) is 5.91 Å². The van der Waals surface area contributed by atoms with Crippen LogP contribution >= 0.6 is 11.6 Å². The lowest BCUT2D eigenvalue weighted by molar-refractivity contribution is -0.122. The number of rotatable bonds is 3. The molecule has 0 bridgehead atoms. The van der Waals surface area contributed by atoms with Crippen LogP contribution < -0.4 is 9.64 Å². The number of hydrogen-bond donors (Lipinski definition) is 0. The van der Waals surface area contributed by atoms with Gasteiger partial charge in [0, 0.05) is 11.6 Å². The molecular formula is C20H19ClN2O3. The molecular weight excluding hydrogens is 352 g/mol. The minimum atomic E-state index is -0.396. The summed E-state index contributed by atoms with van der Waals surface area (Å²) in [7, 11) is 1.62. The molecule has 2 aromatic carbocycles. The van der Waals surface area contributed by atoms with Gasteiger partial charge in [-0.2, -0.15) is 0 Å². The number of carbonyl (C=O) groups is 2. The SMILES string of the molecule is COc1ccc(CN2C(=O)[C@@H]3CCCN3C(=O)c3cc(Cl)ccc32)cc1. The number of fused-ring (bicyclic) bond motifs is 2. The Balaban J connectivity index is 1.77. The number of halogens is 1. The minimum Gasteiger partial charge on any atom is -0.497 e. The van der Waals surface area contributed by atoms with Crippen LogP contribution in [0.4, 0.5) is 5.69 Å². The molecule has 2 aliphatic heterocycles. The molecule has 0 radical (unpaired) electrons. The number of methoxy groups -OCH3 is 1. The number of carbonyl (C=O) groups excluding carboxylic acids is 2. The van der Waals surface area contributed by atoms with Gasteiger partial charge in [-0.15, -0.1) is 0 Å². The number of ether oxygens (including phenoxy) is 1. The summed E-state index contributed by atoms with van der Waals surface area (Å²) < 4.78 is 5.19. The third-order valence-electron chi connectivity index (χ3n) is 5.04. The first kappa shape index (κ1) is 16.9. The summed E-state index contributed by atoms with van der Waals surface area (Å²) in [5, 5.41) is 0.492.